The molecule has 1 aromatic rings. The van der Waals surface area contributed by atoms with E-state index in [0.29, 0.717) is 17.4 Å². The van der Waals surface area contributed by atoms with E-state index in [1.54, 1.807) is 0 Å². The van der Waals surface area contributed by atoms with Crippen molar-refractivity contribution in [1.82, 2.24) is 10.5 Å². The summed E-state index contributed by atoms with van der Waals surface area (Å²) in [7, 11) is 0. The largest absolute Gasteiger partial charge is 0.361 e. The number of nitrogens with zero attached hydrogens (tertiary/aromatic N) is 1. The summed E-state index contributed by atoms with van der Waals surface area (Å²) in [4.78, 5) is 0. The van der Waals surface area contributed by atoms with Crippen LogP contribution < -0.4 is 5.32 Å². The first-order valence-corrected chi connectivity index (χ1v) is 8.46. The molecule has 21 heavy (non-hydrogen) atoms. The van der Waals surface area contributed by atoms with Crippen LogP contribution in [0.3, 0.4) is 0 Å². The highest BCUT2D eigenvalue weighted by molar-refractivity contribution is 5.15. The lowest BCUT2D eigenvalue weighted by Crippen LogP contribution is -2.57. The third kappa shape index (κ3) is 3.18. The third-order valence-corrected chi connectivity index (χ3v) is 5.57. The van der Waals surface area contributed by atoms with Crippen molar-refractivity contribution in [3.8, 4) is 0 Å². The van der Waals surface area contributed by atoms with Crippen molar-refractivity contribution < 1.29 is 4.52 Å². The fourth-order valence-electron chi connectivity index (χ4n) is 3.35. The van der Waals surface area contributed by atoms with Crippen LogP contribution in [0, 0.1) is 17.3 Å². The molecule has 0 radical (unpaired) electrons. The van der Waals surface area contributed by atoms with E-state index in [4.69, 9.17) is 4.52 Å². The van der Waals surface area contributed by atoms with Crippen molar-refractivity contribution in [2.75, 3.05) is 6.54 Å². The Bertz CT molecular complexity index is 494. The molecule has 1 N–H and O–H groups in total. The predicted octanol–water partition coefficient (Wildman–Crippen LogP) is 3.93. The fourth-order valence-corrected chi connectivity index (χ4v) is 3.35. The van der Waals surface area contributed by atoms with Gasteiger partial charge in [-0.3, -0.25) is 0 Å². The van der Waals surface area contributed by atoms with Gasteiger partial charge in [0.15, 0.2) is 0 Å². The van der Waals surface area contributed by atoms with Gasteiger partial charge in [-0.1, -0.05) is 39.8 Å². The van der Waals surface area contributed by atoms with E-state index in [2.05, 4.69) is 51.2 Å². The van der Waals surface area contributed by atoms with Gasteiger partial charge in [-0.05, 0) is 49.5 Å². The molecule has 3 rings (SSSR count). The molecule has 0 aromatic carbocycles. The zero-order chi connectivity index (χ0) is 15.3. The second-order valence-corrected chi connectivity index (χ2v) is 8.79. The normalized spacial score (nSPS) is 28.4. The lowest BCUT2D eigenvalue weighted by molar-refractivity contribution is 0.0131. The molecule has 0 bridgehead atoms. The van der Waals surface area contributed by atoms with Crippen molar-refractivity contribution in [1.29, 1.82) is 0 Å². The molecule has 2 atom stereocenters. The highest BCUT2D eigenvalue weighted by Crippen LogP contribution is 2.48. The summed E-state index contributed by atoms with van der Waals surface area (Å²) in [5.74, 6) is 2.68. The minimum atomic E-state index is 0.0503. The molecule has 3 nitrogen and oxygen atoms in total. The van der Waals surface area contributed by atoms with E-state index in [-0.39, 0.29) is 5.41 Å². The van der Waals surface area contributed by atoms with Crippen LogP contribution in [0.2, 0.25) is 0 Å². The molecule has 118 valence electrons. The summed E-state index contributed by atoms with van der Waals surface area (Å²) in [6.07, 6.45) is 5.18. The van der Waals surface area contributed by atoms with Gasteiger partial charge in [0, 0.05) is 17.5 Å². The number of hydrogen-bond acceptors (Lipinski definition) is 3. The van der Waals surface area contributed by atoms with Gasteiger partial charge in [0.05, 0.1) is 5.69 Å². The molecule has 2 fully saturated rings. The van der Waals surface area contributed by atoms with E-state index >= 15 is 0 Å². The Morgan fingerprint density at radius 3 is 2.57 bits per heavy atom. The average Bonchev–Trinajstić information content (AvgIpc) is 3.07. The van der Waals surface area contributed by atoms with Gasteiger partial charge in [0.25, 0.3) is 0 Å². The minimum absolute atomic E-state index is 0.0503. The molecule has 1 heterocycles. The van der Waals surface area contributed by atoms with Crippen LogP contribution in [0.15, 0.2) is 10.6 Å². The maximum Gasteiger partial charge on any atom is 0.142 e. The lowest BCUT2D eigenvalue weighted by Gasteiger charge is -2.52. The van der Waals surface area contributed by atoms with E-state index in [1.807, 2.05) is 0 Å². The molecule has 0 aliphatic heterocycles. The second kappa shape index (κ2) is 5.12. The van der Waals surface area contributed by atoms with Gasteiger partial charge in [0.1, 0.15) is 5.76 Å². The second-order valence-electron chi connectivity index (χ2n) is 8.79. The SMILES string of the molecule is CC(C)(C)c1cc(C[C@@H]2C[C@H](NCC3CC3)C2(C)C)no1. The van der Waals surface area contributed by atoms with Gasteiger partial charge < -0.3 is 9.84 Å². The van der Waals surface area contributed by atoms with Crippen LogP contribution >= 0.6 is 0 Å². The predicted molar refractivity (Wildman–Crippen MR) is 85.3 cm³/mol. The average molecular weight is 290 g/mol. The van der Waals surface area contributed by atoms with Crippen LogP contribution in [-0.4, -0.2) is 17.7 Å². The highest BCUT2D eigenvalue weighted by atomic mass is 16.5. The zero-order valence-corrected chi connectivity index (χ0v) is 14.2. The number of aromatic nitrogens is 1. The summed E-state index contributed by atoms with van der Waals surface area (Å²) < 4.78 is 5.52. The van der Waals surface area contributed by atoms with Gasteiger partial charge in [-0.15, -0.1) is 0 Å². The van der Waals surface area contributed by atoms with Crippen LogP contribution in [0.4, 0.5) is 0 Å². The van der Waals surface area contributed by atoms with Crippen LogP contribution in [-0.2, 0) is 11.8 Å². The van der Waals surface area contributed by atoms with Crippen molar-refractivity contribution in [3.63, 3.8) is 0 Å². The smallest absolute Gasteiger partial charge is 0.142 e. The van der Waals surface area contributed by atoms with Gasteiger partial charge in [-0.2, -0.15) is 0 Å². The van der Waals surface area contributed by atoms with Crippen LogP contribution in [0.1, 0.15) is 65.3 Å². The Kier molecular flexibility index (Phi) is 3.67. The van der Waals surface area contributed by atoms with Gasteiger partial charge in [-0.25, -0.2) is 0 Å². The Morgan fingerprint density at radius 1 is 1.33 bits per heavy atom. The number of rotatable bonds is 5. The summed E-state index contributed by atoms with van der Waals surface area (Å²) in [6.45, 7) is 12.5. The van der Waals surface area contributed by atoms with E-state index in [1.165, 1.54) is 25.8 Å². The van der Waals surface area contributed by atoms with Crippen LogP contribution in [0.25, 0.3) is 0 Å². The van der Waals surface area contributed by atoms with E-state index in [9.17, 15) is 0 Å². The quantitative estimate of drug-likeness (QED) is 0.893. The molecular formula is C18H30N2O. The van der Waals surface area contributed by atoms with Crippen molar-refractivity contribution in [2.24, 2.45) is 17.3 Å². The lowest BCUT2D eigenvalue weighted by atomic mass is 9.57. The molecule has 2 saturated carbocycles. The fraction of sp³-hybridized carbons (Fsp3) is 0.833. The summed E-state index contributed by atoms with van der Waals surface area (Å²) in [6, 6.07) is 2.83. The first kappa shape index (κ1) is 15.1. The Balaban J connectivity index is 1.55. The first-order valence-electron chi connectivity index (χ1n) is 8.46. The Hall–Kier alpha value is -0.830. The molecule has 2 aliphatic carbocycles. The number of hydrogen-bond donors (Lipinski definition) is 1. The topological polar surface area (TPSA) is 38.1 Å². The standard InChI is InChI=1S/C18H30N2O/c1-17(2,3)16-10-14(20-21-16)8-13-9-15(18(13,4)5)19-11-12-6-7-12/h10,12-13,15,19H,6-9,11H2,1-5H3/t13-,15+/m1/s1. The zero-order valence-electron chi connectivity index (χ0n) is 14.2. The molecule has 2 aliphatic rings. The van der Waals surface area contributed by atoms with Crippen molar-refractivity contribution in [2.45, 2.75) is 71.8 Å². The molecule has 0 saturated heterocycles. The first-order chi connectivity index (χ1) is 9.77. The molecule has 0 amide bonds. The maximum absolute atomic E-state index is 5.52. The van der Waals surface area contributed by atoms with Crippen molar-refractivity contribution in [3.05, 3.63) is 17.5 Å². The Morgan fingerprint density at radius 2 is 2.05 bits per heavy atom. The van der Waals surface area contributed by atoms with Crippen molar-refractivity contribution >= 4 is 0 Å². The monoisotopic (exact) mass is 290 g/mol. The van der Waals surface area contributed by atoms with E-state index < -0.39 is 0 Å². The van der Waals surface area contributed by atoms with Crippen LogP contribution in [0.5, 0.6) is 0 Å². The highest BCUT2D eigenvalue weighted by Gasteiger charge is 2.48. The Labute approximate surface area is 128 Å². The van der Waals surface area contributed by atoms with Gasteiger partial charge >= 0.3 is 0 Å². The summed E-state index contributed by atoms with van der Waals surface area (Å²) in [5.41, 5.74) is 1.54. The maximum atomic E-state index is 5.52. The molecular weight excluding hydrogens is 260 g/mol. The number of nitrogens with one attached hydrogen (secondary N) is 1. The van der Waals surface area contributed by atoms with E-state index in [0.717, 1.165) is 23.8 Å². The third-order valence-electron chi connectivity index (χ3n) is 5.57. The molecule has 1 aromatic heterocycles. The summed E-state index contributed by atoms with van der Waals surface area (Å²) in [5, 5.41) is 8.06. The molecule has 0 spiro atoms. The summed E-state index contributed by atoms with van der Waals surface area (Å²) >= 11 is 0. The minimum Gasteiger partial charge on any atom is -0.361 e. The molecule has 3 heteroatoms. The molecule has 0 unspecified atom stereocenters. The van der Waals surface area contributed by atoms with Gasteiger partial charge in [0.2, 0.25) is 0 Å².